The molecule has 0 radical (unpaired) electrons. The fourth-order valence-corrected chi connectivity index (χ4v) is 1.11. The Morgan fingerprint density at radius 1 is 1.25 bits per heavy atom. The summed E-state index contributed by atoms with van der Waals surface area (Å²) in [6.07, 6.45) is 0. The number of rotatable bonds is 2. The molecule has 0 bridgehead atoms. The number of hydrogen-bond acceptors (Lipinski definition) is 1. The van der Waals surface area contributed by atoms with Crippen LogP contribution in [0.5, 0.6) is 0 Å². The first-order chi connectivity index (χ1) is 7.34. The van der Waals surface area contributed by atoms with Gasteiger partial charge in [0, 0.05) is 5.92 Å². The van der Waals surface area contributed by atoms with Crippen LogP contribution in [-0.2, 0) is 4.79 Å². The zero-order chi connectivity index (χ0) is 12.5. The van der Waals surface area contributed by atoms with Crippen LogP contribution in [0.15, 0.2) is 6.07 Å². The maximum Gasteiger partial charge on any atom is 0.227 e. The molecule has 1 amide bonds. The molecule has 1 aromatic carbocycles. The molecule has 0 heterocycles. The van der Waals surface area contributed by atoms with Gasteiger partial charge in [-0.25, -0.2) is 13.2 Å². The van der Waals surface area contributed by atoms with Gasteiger partial charge in [-0.05, 0) is 18.6 Å². The number of halogens is 3. The molecule has 16 heavy (non-hydrogen) atoms. The monoisotopic (exact) mass is 231 g/mol. The number of benzene rings is 1. The second-order valence-electron chi connectivity index (χ2n) is 3.82. The van der Waals surface area contributed by atoms with E-state index in [2.05, 4.69) is 0 Å². The summed E-state index contributed by atoms with van der Waals surface area (Å²) >= 11 is 0. The molecule has 0 fully saturated rings. The highest BCUT2D eigenvalue weighted by Gasteiger charge is 2.19. The summed E-state index contributed by atoms with van der Waals surface area (Å²) in [5.41, 5.74) is -0.783. The second-order valence-corrected chi connectivity index (χ2v) is 3.82. The van der Waals surface area contributed by atoms with Gasteiger partial charge in [-0.15, -0.1) is 0 Å². The van der Waals surface area contributed by atoms with Gasteiger partial charge >= 0.3 is 0 Å². The summed E-state index contributed by atoms with van der Waals surface area (Å²) in [7, 11) is 0. The van der Waals surface area contributed by atoms with E-state index in [1.165, 1.54) is 6.92 Å². The molecule has 1 rings (SSSR count). The van der Waals surface area contributed by atoms with Crippen molar-refractivity contribution in [3.63, 3.8) is 0 Å². The van der Waals surface area contributed by atoms with Crippen LogP contribution in [0.3, 0.4) is 0 Å². The van der Waals surface area contributed by atoms with Gasteiger partial charge in [-0.1, -0.05) is 13.8 Å². The molecule has 0 unspecified atom stereocenters. The summed E-state index contributed by atoms with van der Waals surface area (Å²) in [4.78, 5) is 11.3. The lowest BCUT2D eigenvalue weighted by Crippen LogP contribution is -2.20. The van der Waals surface area contributed by atoms with Crippen molar-refractivity contribution in [3.8, 4) is 0 Å². The van der Waals surface area contributed by atoms with E-state index in [0.717, 1.165) is 6.07 Å². The summed E-state index contributed by atoms with van der Waals surface area (Å²) < 4.78 is 39.7. The third kappa shape index (κ3) is 2.35. The predicted octanol–water partition coefficient (Wildman–Crippen LogP) is 3.01. The normalized spacial score (nSPS) is 10.7. The highest BCUT2D eigenvalue weighted by molar-refractivity contribution is 5.92. The van der Waals surface area contributed by atoms with Gasteiger partial charge < -0.3 is 5.32 Å². The SMILES string of the molecule is Cc1cc(F)c(F)c(NC(=O)C(C)C)c1F. The van der Waals surface area contributed by atoms with Gasteiger partial charge in [0.05, 0.1) is 0 Å². The van der Waals surface area contributed by atoms with Crippen LogP contribution in [0.25, 0.3) is 0 Å². The first kappa shape index (κ1) is 12.5. The number of aryl methyl sites for hydroxylation is 1. The Morgan fingerprint density at radius 2 is 1.81 bits per heavy atom. The van der Waals surface area contributed by atoms with Crippen LogP contribution in [-0.4, -0.2) is 5.91 Å². The van der Waals surface area contributed by atoms with Crippen molar-refractivity contribution in [1.82, 2.24) is 0 Å². The maximum atomic E-state index is 13.4. The van der Waals surface area contributed by atoms with Crippen molar-refractivity contribution in [2.24, 2.45) is 5.92 Å². The fourth-order valence-electron chi connectivity index (χ4n) is 1.11. The number of carbonyl (C=O) groups excluding carboxylic acids is 1. The number of anilines is 1. The largest absolute Gasteiger partial charge is 0.321 e. The molecule has 0 spiro atoms. The molecule has 5 heteroatoms. The topological polar surface area (TPSA) is 29.1 Å². The average Bonchev–Trinajstić information content (AvgIpc) is 2.21. The van der Waals surface area contributed by atoms with E-state index in [4.69, 9.17) is 0 Å². The standard InChI is InChI=1S/C11H12F3NO/c1-5(2)11(16)15-10-8(13)6(3)4-7(12)9(10)14/h4-5H,1-3H3,(H,15,16). The third-order valence-corrected chi connectivity index (χ3v) is 2.11. The van der Waals surface area contributed by atoms with E-state index in [-0.39, 0.29) is 5.56 Å². The van der Waals surface area contributed by atoms with Crippen LogP contribution in [0.2, 0.25) is 0 Å². The molecule has 0 aliphatic heterocycles. The predicted molar refractivity (Wildman–Crippen MR) is 54.5 cm³/mol. The number of amides is 1. The van der Waals surface area contributed by atoms with E-state index in [1.54, 1.807) is 13.8 Å². The number of hydrogen-bond donors (Lipinski definition) is 1. The van der Waals surface area contributed by atoms with Crippen LogP contribution >= 0.6 is 0 Å². The molecule has 0 atom stereocenters. The molecule has 0 aromatic heterocycles. The van der Waals surface area contributed by atoms with Gasteiger partial charge in [-0.3, -0.25) is 4.79 Å². The highest BCUT2D eigenvalue weighted by atomic mass is 19.2. The Morgan fingerprint density at radius 3 is 2.31 bits per heavy atom. The molecule has 0 aliphatic rings. The van der Waals surface area contributed by atoms with Gasteiger partial charge in [0.25, 0.3) is 0 Å². The Hall–Kier alpha value is -1.52. The summed E-state index contributed by atoms with van der Waals surface area (Å²) in [5, 5.41) is 2.03. The molecule has 88 valence electrons. The quantitative estimate of drug-likeness (QED) is 0.779. The first-order valence-electron chi connectivity index (χ1n) is 4.79. The Labute approximate surface area is 91.5 Å². The molecular formula is C11H12F3NO. The van der Waals surface area contributed by atoms with E-state index >= 15 is 0 Å². The molecule has 0 saturated carbocycles. The lowest BCUT2D eigenvalue weighted by atomic mass is 10.1. The zero-order valence-corrected chi connectivity index (χ0v) is 9.20. The van der Waals surface area contributed by atoms with E-state index in [0.29, 0.717) is 0 Å². The minimum Gasteiger partial charge on any atom is -0.321 e. The van der Waals surface area contributed by atoms with Gasteiger partial charge in [0.2, 0.25) is 5.91 Å². The van der Waals surface area contributed by atoms with E-state index in [1.807, 2.05) is 5.32 Å². The van der Waals surface area contributed by atoms with Crippen molar-refractivity contribution in [2.45, 2.75) is 20.8 Å². The van der Waals surface area contributed by atoms with Gasteiger partial charge in [0.15, 0.2) is 17.5 Å². The lowest BCUT2D eigenvalue weighted by Gasteiger charge is -2.11. The molecule has 0 aliphatic carbocycles. The van der Waals surface area contributed by atoms with E-state index in [9.17, 15) is 18.0 Å². The highest BCUT2D eigenvalue weighted by Crippen LogP contribution is 2.24. The van der Waals surface area contributed by atoms with Crippen molar-refractivity contribution < 1.29 is 18.0 Å². The Kier molecular flexibility index (Phi) is 3.57. The van der Waals surface area contributed by atoms with Crippen LogP contribution < -0.4 is 5.32 Å². The summed E-state index contributed by atoms with van der Waals surface area (Å²) in [5.74, 6) is -4.52. The maximum absolute atomic E-state index is 13.4. The molecule has 0 saturated heterocycles. The minimum atomic E-state index is -1.38. The first-order valence-corrected chi connectivity index (χ1v) is 4.79. The van der Waals surface area contributed by atoms with Crippen molar-refractivity contribution in [2.75, 3.05) is 5.32 Å². The lowest BCUT2D eigenvalue weighted by molar-refractivity contribution is -0.118. The molecule has 1 N–H and O–H groups in total. The van der Waals surface area contributed by atoms with Crippen molar-refractivity contribution in [1.29, 1.82) is 0 Å². The van der Waals surface area contributed by atoms with E-state index < -0.39 is 35.0 Å². The molecule has 2 nitrogen and oxygen atoms in total. The summed E-state index contributed by atoms with van der Waals surface area (Å²) in [6.45, 7) is 4.43. The number of carbonyl (C=O) groups is 1. The van der Waals surface area contributed by atoms with Gasteiger partial charge in [-0.2, -0.15) is 0 Å². The van der Waals surface area contributed by atoms with Crippen LogP contribution in [0, 0.1) is 30.3 Å². The zero-order valence-electron chi connectivity index (χ0n) is 9.20. The van der Waals surface area contributed by atoms with Crippen LogP contribution in [0.4, 0.5) is 18.9 Å². The second kappa shape index (κ2) is 4.55. The van der Waals surface area contributed by atoms with Crippen LogP contribution in [0.1, 0.15) is 19.4 Å². The number of nitrogens with one attached hydrogen (secondary N) is 1. The smallest absolute Gasteiger partial charge is 0.227 e. The minimum absolute atomic E-state index is 0.0574. The average molecular weight is 231 g/mol. The van der Waals surface area contributed by atoms with Crippen molar-refractivity contribution >= 4 is 11.6 Å². The summed E-state index contributed by atoms with van der Waals surface area (Å²) in [6, 6.07) is 0.746. The fraction of sp³-hybridized carbons (Fsp3) is 0.364. The Bertz CT molecular complexity index is 403. The third-order valence-electron chi connectivity index (χ3n) is 2.11. The Balaban J connectivity index is 3.18. The molecule has 1 aromatic rings. The molecular weight excluding hydrogens is 219 g/mol. The van der Waals surface area contributed by atoms with Gasteiger partial charge in [0.1, 0.15) is 5.69 Å². The van der Waals surface area contributed by atoms with Crippen molar-refractivity contribution in [3.05, 3.63) is 29.1 Å².